The summed E-state index contributed by atoms with van der Waals surface area (Å²) in [6.45, 7) is 4.44. The van der Waals surface area contributed by atoms with Crippen LogP contribution in [0.2, 0.25) is 0 Å². The predicted molar refractivity (Wildman–Crippen MR) is 85.1 cm³/mol. The maximum Gasteiger partial charge on any atom is 0.110 e. The number of unbranched alkanes of at least 4 members (excludes halogenated alkanes) is 1. The first kappa shape index (κ1) is 13.7. The second kappa shape index (κ2) is 5.99. The van der Waals surface area contributed by atoms with Crippen molar-refractivity contribution >= 4 is 11.0 Å². The number of para-hydroxylation sites is 1. The quantitative estimate of drug-likeness (QED) is 0.798. The molecule has 0 unspecified atom stereocenters. The van der Waals surface area contributed by atoms with Crippen LogP contribution in [0.25, 0.3) is 11.0 Å². The topological polar surface area (TPSA) is 28.7 Å². The second-order valence-corrected chi connectivity index (χ2v) is 6.45. The van der Waals surface area contributed by atoms with Crippen LogP contribution in [0.1, 0.15) is 69.2 Å². The largest absolute Gasteiger partial charge is 0.342 e. The number of benzene rings is 1. The number of hydrogen-bond donors (Lipinski definition) is 1. The van der Waals surface area contributed by atoms with Crippen LogP contribution in [0.4, 0.5) is 0 Å². The lowest BCUT2D eigenvalue weighted by Crippen LogP contribution is -2.14. The van der Waals surface area contributed by atoms with Gasteiger partial charge in [-0.15, -0.1) is 0 Å². The molecule has 1 aliphatic carbocycles. The summed E-state index contributed by atoms with van der Waals surface area (Å²) in [7, 11) is 0. The zero-order chi connectivity index (χ0) is 13.9. The first-order valence-electron chi connectivity index (χ1n) is 8.23. The number of aryl methyl sites for hydroxylation is 1. The summed E-state index contributed by atoms with van der Waals surface area (Å²) < 4.78 is 0. The molecule has 0 atom stereocenters. The molecule has 1 aromatic carbocycles. The Morgan fingerprint density at radius 2 is 2.00 bits per heavy atom. The number of nitrogens with one attached hydrogen (secondary N) is 1. The number of H-pyrrole nitrogens is 1. The van der Waals surface area contributed by atoms with Crippen LogP contribution in [0, 0.1) is 12.8 Å². The Bertz CT molecular complexity index is 562. The summed E-state index contributed by atoms with van der Waals surface area (Å²) in [6.07, 6.45) is 9.58. The first-order chi connectivity index (χ1) is 9.78. The van der Waals surface area contributed by atoms with Gasteiger partial charge in [0.1, 0.15) is 5.82 Å². The van der Waals surface area contributed by atoms with Crippen molar-refractivity contribution in [2.75, 3.05) is 0 Å². The molecular weight excluding hydrogens is 244 g/mol. The molecule has 0 bridgehead atoms. The highest BCUT2D eigenvalue weighted by Crippen LogP contribution is 2.37. The fraction of sp³-hybridized carbons (Fsp3) is 0.611. The van der Waals surface area contributed by atoms with Gasteiger partial charge in [-0.3, -0.25) is 0 Å². The Balaban J connectivity index is 1.69. The van der Waals surface area contributed by atoms with Crippen molar-refractivity contribution in [1.29, 1.82) is 0 Å². The van der Waals surface area contributed by atoms with Gasteiger partial charge in [-0.1, -0.05) is 38.3 Å². The molecule has 3 rings (SSSR count). The normalized spacial score (nSPS) is 23.3. The predicted octanol–water partition coefficient (Wildman–Crippen LogP) is 5.34. The van der Waals surface area contributed by atoms with Crippen LogP contribution >= 0.6 is 0 Å². The first-order valence-corrected chi connectivity index (χ1v) is 8.23. The van der Waals surface area contributed by atoms with Crippen LogP contribution in [0.5, 0.6) is 0 Å². The molecule has 0 aliphatic heterocycles. The van der Waals surface area contributed by atoms with Gasteiger partial charge < -0.3 is 4.98 Å². The fourth-order valence-corrected chi connectivity index (χ4v) is 3.61. The molecule has 0 saturated heterocycles. The van der Waals surface area contributed by atoms with Gasteiger partial charge in [0.05, 0.1) is 11.0 Å². The lowest BCUT2D eigenvalue weighted by Gasteiger charge is -2.27. The highest BCUT2D eigenvalue weighted by molar-refractivity contribution is 5.78. The van der Waals surface area contributed by atoms with Crippen molar-refractivity contribution in [3.63, 3.8) is 0 Å². The van der Waals surface area contributed by atoms with Crippen LogP contribution < -0.4 is 0 Å². The van der Waals surface area contributed by atoms with Crippen molar-refractivity contribution in [1.82, 2.24) is 9.97 Å². The lowest BCUT2D eigenvalue weighted by molar-refractivity contribution is 0.299. The molecule has 2 nitrogen and oxygen atoms in total. The molecule has 0 radical (unpaired) electrons. The highest BCUT2D eigenvalue weighted by Gasteiger charge is 2.24. The van der Waals surface area contributed by atoms with Gasteiger partial charge in [0.2, 0.25) is 0 Å². The summed E-state index contributed by atoms with van der Waals surface area (Å²) in [5.41, 5.74) is 3.64. The van der Waals surface area contributed by atoms with Crippen LogP contribution in [-0.2, 0) is 0 Å². The van der Waals surface area contributed by atoms with Gasteiger partial charge in [0.25, 0.3) is 0 Å². The average molecular weight is 270 g/mol. The van der Waals surface area contributed by atoms with Gasteiger partial charge in [0.15, 0.2) is 0 Å². The number of hydrogen-bond acceptors (Lipinski definition) is 1. The van der Waals surface area contributed by atoms with E-state index in [1.54, 1.807) is 0 Å². The van der Waals surface area contributed by atoms with E-state index in [0.29, 0.717) is 5.92 Å². The smallest absolute Gasteiger partial charge is 0.110 e. The fourth-order valence-electron chi connectivity index (χ4n) is 3.61. The molecule has 1 N–H and O–H groups in total. The van der Waals surface area contributed by atoms with E-state index in [1.165, 1.54) is 61.9 Å². The molecule has 0 amide bonds. The summed E-state index contributed by atoms with van der Waals surface area (Å²) in [6, 6.07) is 6.40. The third kappa shape index (κ3) is 2.74. The minimum atomic E-state index is 0.652. The number of aromatic amines is 1. The van der Waals surface area contributed by atoms with Crippen molar-refractivity contribution in [2.45, 2.75) is 64.7 Å². The third-order valence-corrected chi connectivity index (χ3v) is 4.93. The second-order valence-electron chi connectivity index (χ2n) is 6.45. The number of fused-ring (bicyclic) bond motifs is 1. The molecular formula is C18H26N2. The molecule has 1 aliphatic rings. The molecule has 1 saturated carbocycles. The van der Waals surface area contributed by atoms with Crippen molar-refractivity contribution in [3.8, 4) is 0 Å². The number of nitrogens with zero attached hydrogens (tertiary/aromatic N) is 1. The van der Waals surface area contributed by atoms with Crippen LogP contribution in [-0.4, -0.2) is 9.97 Å². The van der Waals surface area contributed by atoms with Crippen molar-refractivity contribution < 1.29 is 0 Å². The molecule has 0 spiro atoms. The minimum absolute atomic E-state index is 0.652. The lowest BCUT2D eigenvalue weighted by atomic mass is 9.79. The molecule has 1 fully saturated rings. The van der Waals surface area contributed by atoms with E-state index in [0.717, 1.165) is 11.4 Å². The number of rotatable bonds is 4. The SMILES string of the molecule is CCCCC1CCC(c2nc3c(C)cccc3[nH]2)CC1. The summed E-state index contributed by atoms with van der Waals surface area (Å²) in [5, 5.41) is 0. The molecule has 1 heterocycles. The Hall–Kier alpha value is -1.31. The maximum absolute atomic E-state index is 4.87. The van der Waals surface area contributed by atoms with Crippen LogP contribution in [0.3, 0.4) is 0 Å². The van der Waals surface area contributed by atoms with E-state index in [-0.39, 0.29) is 0 Å². The molecule has 2 heteroatoms. The molecule has 20 heavy (non-hydrogen) atoms. The van der Waals surface area contributed by atoms with E-state index in [2.05, 4.69) is 37.0 Å². The van der Waals surface area contributed by atoms with E-state index in [9.17, 15) is 0 Å². The summed E-state index contributed by atoms with van der Waals surface area (Å²) >= 11 is 0. The van der Waals surface area contributed by atoms with Crippen molar-refractivity contribution in [2.24, 2.45) is 5.92 Å². The van der Waals surface area contributed by atoms with Gasteiger partial charge in [-0.25, -0.2) is 4.98 Å². The van der Waals surface area contributed by atoms with E-state index in [4.69, 9.17) is 4.98 Å². The monoisotopic (exact) mass is 270 g/mol. The average Bonchev–Trinajstić information content (AvgIpc) is 2.91. The Kier molecular flexibility index (Phi) is 4.09. The van der Waals surface area contributed by atoms with E-state index < -0.39 is 0 Å². The maximum atomic E-state index is 4.87. The zero-order valence-electron chi connectivity index (χ0n) is 12.8. The van der Waals surface area contributed by atoms with Gasteiger partial charge >= 0.3 is 0 Å². The molecule has 1 aromatic heterocycles. The zero-order valence-corrected chi connectivity index (χ0v) is 12.8. The van der Waals surface area contributed by atoms with E-state index in [1.807, 2.05) is 0 Å². The minimum Gasteiger partial charge on any atom is -0.342 e. The third-order valence-electron chi connectivity index (χ3n) is 4.93. The standard InChI is InChI=1S/C18H26N2/c1-3-4-7-14-9-11-15(12-10-14)18-19-16-8-5-6-13(2)17(16)20-18/h5-6,8,14-15H,3-4,7,9-12H2,1-2H3,(H,19,20). The van der Waals surface area contributed by atoms with Gasteiger partial charge in [-0.05, 0) is 50.2 Å². The van der Waals surface area contributed by atoms with Gasteiger partial charge in [0, 0.05) is 5.92 Å². The van der Waals surface area contributed by atoms with Crippen LogP contribution in [0.15, 0.2) is 18.2 Å². The summed E-state index contributed by atoms with van der Waals surface area (Å²) in [5.74, 6) is 2.85. The molecule has 2 aromatic rings. The molecule has 108 valence electrons. The summed E-state index contributed by atoms with van der Waals surface area (Å²) in [4.78, 5) is 8.42. The Morgan fingerprint density at radius 3 is 2.70 bits per heavy atom. The highest BCUT2D eigenvalue weighted by atomic mass is 14.9. The Labute approximate surface area is 122 Å². The number of imidazole rings is 1. The van der Waals surface area contributed by atoms with Crippen molar-refractivity contribution in [3.05, 3.63) is 29.6 Å². The number of aromatic nitrogens is 2. The van der Waals surface area contributed by atoms with E-state index >= 15 is 0 Å². The van der Waals surface area contributed by atoms with Gasteiger partial charge in [-0.2, -0.15) is 0 Å². The Morgan fingerprint density at radius 1 is 1.20 bits per heavy atom.